The predicted octanol–water partition coefficient (Wildman–Crippen LogP) is 6.44. The van der Waals surface area contributed by atoms with Crippen molar-refractivity contribution in [3.8, 4) is 16.9 Å². The molecule has 0 unspecified atom stereocenters. The summed E-state index contributed by atoms with van der Waals surface area (Å²) in [5, 5.41) is 7.64. The lowest BCUT2D eigenvalue weighted by atomic mass is 10.0. The average Bonchev–Trinajstić information content (AvgIpc) is 2.90. The first-order chi connectivity index (χ1) is 17.8. The minimum atomic E-state index is -3.91. The molecular weight excluding hydrogens is 526 g/mol. The molecule has 4 aromatic rings. The van der Waals surface area contributed by atoms with E-state index in [2.05, 4.69) is 29.0 Å². The number of sulfonamides is 1. The molecule has 0 atom stereocenters. The topological polar surface area (TPSA) is 105 Å². The molecule has 37 heavy (non-hydrogen) atoms. The average molecular weight is 552 g/mol. The summed E-state index contributed by atoms with van der Waals surface area (Å²) in [6.45, 7) is 0. The van der Waals surface area contributed by atoms with Crippen molar-refractivity contribution in [2.45, 2.75) is 16.2 Å². The van der Waals surface area contributed by atoms with Gasteiger partial charge in [-0.3, -0.25) is 10.1 Å². The summed E-state index contributed by atoms with van der Waals surface area (Å²) in [5.41, 5.74) is 10.1. The molecule has 0 aliphatic heterocycles. The van der Waals surface area contributed by atoms with Crippen molar-refractivity contribution in [2.24, 2.45) is 5.73 Å². The second kappa shape index (κ2) is 11.7. The van der Waals surface area contributed by atoms with Crippen LogP contribution >= 0.6 is 23.4 Å². The summed E-state index contributed by atoms with van der Waals surface area (Å²) >= 11 is 7.75. The first kappa shape index (κ1) is 26.6. The number of halogens is 1. The third-order valence-electron chi connectivity index (χ3n) is 5.69. The van der Waals surface area contributed by atoms with Gasteiger partial charge in [0.2, 0.25) is 0 Å². The lowest BCUT2D eigenvalue weighted by Crippen LogP contribution is -2.14. The van der Waals surface area contributed by atoms with Gasteiger partial charge in [-0.2, -0.15) is 0 Å². The van der Waals surface area contributed by atoms with Gasteiger partial charge in [0.15, 0.2) is 0 Å². The molecule has 0 radical (unpaired) electrons. The number of ether oxygens (including phenoxy) is 1. The number of hydrogen-bond donors (Lipinski definition) is 3. The van der Waals surface area contributed by atoms with Crippen LogP contribution in [0.1, 0.15) is 11.1 Å². The van der Waals surface area contributed by atoms with Crippen molar-refractivity contribution >= 4 is 44.9 Å². The van der Waals surface area contributed by atoms with Crippen molar-refractivity contribution in [2.75, 3.05) is 17.6 Å². The van der Waals surface area contributed by atoms with Gasteiger partial charge in [0.25, 0.3) is 10.0 Å². The molecule has 0 aliphatic carbocycles. The van der Waals surface area contributed by atoms with Crippen molar-refractivity contribution in [3.63, 3.8) is 0 Å². The highest BCUT2D eigenvalue weighted by Gasteiger charge is 2.20. The molecule has 190 valence electrons. The van der Waals surface area contributed by atoms with E-state index in [1.165, 1.54) is 24.8 Å². The minimum absolute atomic E-state index is 0.0376. The van der Waals surface area contributed by atoms with Crippen LogP contribution < -0.4 is 15.2 Å². The zero-order chi connectivity index (χ0) is 26.4. The van der Waals surface area contributed by atoms with Gasteiger partial charge >= 0.3 is 0 Å². The van der Waals surface area contributed by atoms with Crippen LogP contribution in [-0.2, 0) is 16.4 Å². The van der Waals surface area contributed by atoms with Crippen LogP contribution in [0.2, 0.25) is 5.02 Å². The van der Waals surface area contributed by atoms with Gasteiger partial charge in [-0.1, -0.05) is 72.3 Å². The van der Waals surface area contributed by atoms with Gasteiger partial charge in [0.05, 0.1) is 17.8 Å². The Morgan fingerprint density at radius 3 is 2.27 bits per heavy atom. The number of nitrogens with one attached hydrogen (secondary N) is 2. The van der Waals surface area contributed by atoms with Gasteiger partial charge in [-0.15, -0.1) is 11.8 Å². The number of rotatable bonds is 10. The fraction of sp³-hybridized carbons (Fsp3) is 0.107. The molecule has 0 aromatic heterocycles. The maximum Gasteiger partial charge on any atom is 0.263 e. The number of hydrogen-bond acceptors (Lipinski definition) is 5. The van der Waals surface area contributed by atoms with Crippen LogP contribution in [0.25, 0.3) is 11.1 Å². The number of anilines is 1. The van der Waals surface area contributed by atoms with Crippen LogP contribution in [-0.4, -0.2) is 27.1 Å². The van der Waals surface area contributed by atoms with Gasteiger partial charge in [-0.05, 0) is 47.4 Å². The summed E-state index contributed by atoms with van der Waals surface area (Å²) in [6, 6.07) is 27.7. The van der Waals surface area contributed by atoms with Gasteiger partial charge in [0, 0.05) is 22.3 Å². The maximum absolute atomic E-state index is 13.1. The normalized spacial score (nSPS) is 11.2. The Hall–Kier alpha value is -3.46. The monoisotopic (exact) mass is 551 g/mol. The van der Waals surface area contributed by atoms with E-state index in [0.717, 1.165) is 28.2 Å². The SMILES string of the molecule is COc1ccc(Cl)c(S(=O)(=O)Nc2ccccc2SCCc2ccc(-c3ccc(C(=N)N)cc3)cc2)c1. The molecule has 0 spiro atoms. The fourth-order valence-corrected chi connectivity index (χ4v) is 6.35. The molecule has 0 amide bonds. The molecule has 0 saturated carbocycles. The molecule has 0 bridgehead atoms. The maximum atomic E-state index is 13.1. The van der Waals surface area contributed by atoms with E-state index in [9.17, 15) is 8.42 Å². The number of nitrogens with two attached hydrogens (primary N) is 1. The van der Waals surface area contributed by atoms with Crippen LogP contribution in [0.4, 0.5) is 5.69 Å². The number of nitrogen functional groups attached to an aromatic ring is 1. The zero-order valence-electron chi connectivity index (χ0n) is 20.1. The van der Waals surface area contributed by atoms with Crippen molar-refractivity contribution in [3.05, 3.63) is 107 Å². The number of aryl methyl sites for hydroxylation is 1. The fourth-order valence-electron chi connectivity index (χ4n) is 3.68. The number of para-hydroxylation sites is 1. The lowest BCUT2D eigenvalue weighted by Gasteiger charge is -2.14. The highest BCUT2D eigenvalue weighted by Crippen LogP contribution is 2.32. The summed E-state index contributed by atoms with van der Waals surface area (Å²) in [4.78, 5) is 0.789. The zero-order valence-corrected chi connectivity index (χ0v) is 22.5. The van der Waals surface area contributed by atoms with E-state index < -0.39 is 10.0 Å². The van der Waals surface area contributed by atoms with Gasteiger partial charge in [-0.25, -0.2) is 8.42 Å². The minimum Gasteiger partial charge on any atom is -0.497 e. The molecule has 4 aromatic carbocycles. The lowest BCUT2D eigenvalue weighted by molar-refractivity contribution is 0.413. The molecule has 4 rings (SSSR count). The Balaban J connectivity index is 1.41. The van der Waals surface area contributed by atoms with Crippen LogP contribution in [0, 0.1) is 5.41 Å². The Kier molecular flexibility index (Phi) is 8.43. The Bertz CT molecular complexity index is 1510. The van der Waals surface area contributed by atoms with Gasteiger partial charge < -0.3 is 10.5 Å². The van der Waals surface area contributed by atoms with E-state index in [-0.39, 0.29) is 15.8 Å². The summed E-state index contributed by atoms with van der Waals surface area (Å²) in [6.07, 6.45) is 0.816. The smallest absolute Gasteiger partial charge is 0.263 e. The molecular formula is C28H26ClN3O3S2. The first-order valence-electron chi connectivity index (χ1n) is 11.4. The van der Waals surface area contributed by atoms with Crippen LogP contribution in [0.3, 0.4) is 0 Å². The van der Waals surface area contributed by atoms with E-state index >= 15 is 0 Å². The van der Waals surface area contributed by atoms with Crippen molar-refractivity contribution in [1.82, 2.24) is 0 Å². The van der Waals surface area contributed by atoms with E-state index in [1.807, 2.05) is 36.4 Å². The molecule has 0 heterocycles. The molecule has 0 fully saturated rings. The third kappa shape index (κ3) is 6.65. The second-order valence-electron chi connectivity index (χ2n) is 8.18. The number of methoxy groups -OCH3 is 1. The highest BCUT2D eigenvalue weighted by atomic mass is 35.5. The molecule has 6 nitrogen and oxygen atoms in total. The quantitative estimate of drug-likeness (QED) is 0.119. The molecule has 4 N–H and O–H groups in total. The molecule has 0 saturated heterocycles. The van der Waals surface area contributed by atoms with Crippen molar-refractivity contribution < 1.29 is 13.2 Å². The van der Waals surface area contributed by atoms with E-state index in [0.29, 0.717) is 17.0 Å². The summed E-state index contributed by atoms with van der Waals surface area (Å²) < 4.78 is 33.9. The van der Waals surface area contributed by atoms with E-state index in [1.54, 1.807) is 30.0 Å². The number of amidine groups is 1. The predicted molar refractivity (Wildman–Crippen MR) is 153 cm³/mol. The summed E-state index contributed by atoms with van der Waals surface area (Å²) in [5.74, 6) is 1.23. The second-order valence-corrected chi connectivity index (χ2v) is 11.4. The third-order valence-corrected chi connectivity index (χ3v) is 8.61. The summed E-state index contributed by atoms with van der Waals surface area (Å²) in [7, 11) is -2.44. The Morgan fingerprint density at radius 2 is 1.62 bits per heavy atom. The van der Waals surface area contributed by atoms with Crippen LogP contribution in [0.5, 0.6) is 5.75 Å². The van der Waals surface area contributed by atoms with E-state index in [4.69, 9.17) is 27.5 Å². The highest BCUT2D eigenvalue weighted by molar-refractivity contribution is 7.99. The van der Waals surface area contributed by atoms with Gasteiger partial charge in [0.1, 0.15) is 16.5 Å². The standard InChI is InChI=1S/C28H26ClN3O3S2/c1-35-23-14-15-24(29)27(18-23)37(33,34)32-25-4-2-3-5-26(25)36-17-16-19-6-8-20(9-7-19)21-10-12-22(13-11-21)28(30)31/h2-15,18,32H,16-17H2,1H3,(H3,30,31). The largest absolute Gasteiger partial charge is 0.497 e. The Morgan fingerprint density at radius 1 is 0.973 bits per heavy atom. The Labute approximate surface area is 226 Å². The number of thioether (sulfide) groups is 1. The first-order valence-corrected chi connectivity index (χ1v) is 14.2. The van der Waals surface area contributed by atoms with Crippen molar-refractivity contribution in [1.29, 1.82) is 5.41 Å². The number of benzene rings is 4. The molecule has 9 heteroatoms. The van der Waals surface area contributed by atoms with Crippen LogP contribution in [0.15, 0.2) is 101 Å². The molecule has 0 aliphatic rings.